The molecule has 156 valence electrons. The quantitative estimate of drug-likeness (QED) is 0.688. The van der Waals surface area contributed by atoms with Gasteiger partial charge in [0.1, 0.15) is 11.8 Å². The number of H-pyrrole nitrogens is 1. The first kappa shape index (κ1) is 19.9. The van der Waals surface area contributed by atoms with E-state index in [-0.39, 0.29) is 11.8 Å². The molecule has 2 aromatic carbocycles. The Hall–Kier alpha value is -3.39. The molecule has 2 amide bonds. The minimum absolute atomic E-state index is 0.0353. The SMILES string of the molecule is COc1ccc(C(N)C(=O)N2CCCN(C(=O)c3ccc4[nH]ncc4c3)CC2)cc1. The van der Waals surface area contributed by atoms with Gasteiger partial charge < -0.3 is 20.3 Å². The Kier molecular flexibility index (Phi) is 5.67. The van der Waals surface area contributed by atoms with Crippen LogP contribution in [0.5, 0.6) is 5.75 Å². The van der Waals surface area contributed by atoms with Crippen molar-refractivity contribution in [3.63, 3.8) is 0 Å². The van der Waals surface area contributed by atoms with Crippen LogP contribution in [-0.4, -0.2) is 65.1 Å². The maximum absolute atomic E-state index is 13.0. The van der Waals surface area contributed by atoms with Crippen LogP contribution < -0.4 is 10.5 Å². The van der Waals surface area contributed by atoms with Gasteiger partial charge in [0.2, 0.25) is 5.91 Å². The van der Waals surface area contributed by atoms with Gasteiger partial charge in [-0.25, -0.2) is 0 Å². The van der Waals surface area contributed by atoms with Crippen molar-refractivity contribution >= 4 is 22.7 Å². The first-order valence-corrected chi connectivity index (χ1v) is 9.97. The van der Waals surface area contributed by atoms with Gasteiger partial charge in [-0.3, -0.25) is 14.7 Å². The number of ether oxygens (including phenoxy) is 1. The highest BCUT2D eigenvalue weighted by atomic mass is 16.5. The number of amides is 2. The predicted molar refractivity (Wildman–Crippen MR) is 113 cm³/mol. The number of aromatic nitrogens is 2. The number of rotatable bonds is 4. The highest BCUT2D eigenvalue weighted by Gasteiger charge is 2.26. The Balaban J connectivity index is 1.41. The smallest absolute Gasteiger partial charge is 0.253 e. The minimum atomic E-state index is -0.735. The molecule has 30 heavy (non-hydrogen) atoms. The van der Waals surface area contributed by atoms with Crippen LogP contribution in [0.3, 0.4) is 0 Å². The maximum Gasteiger partial charge on any atom is 0.253 e. The second kappa shape index (κ2) is 8.54. The normalized spacial score (nSPS) is 15.7. The molecule has 1 aliphatic rings. The van der Waals surface area contributed by atoms with Crippen LogP contribution in [0.25, 0.3) is 10.9 Å². The molecule has 1 atom stereocenters. The van der Waals surface area contributed by atoms with E-state index in [1.54, 1.807) is 53.4 Å². The van der Waals surface area contributed by atoms with Crippen LogP contribution in [0.15, 0.2) is 48.7 Å². The number of carbonyl (C=O) groups excluding carboxylic acids is 2. The molecule has 3 N–H and O–H groups in total. The molecular weight excluding hydrogens is 382 g/mol. The van der Waals surface area contributed by atoms with Crippen LogP contribution in [0, 0.1) is 0 Å². The Morgan fingerprint density at radius 2 is 1.80 bits per heavy atom. The molecule has 0 saturated carbocycles. The number of aromatic amines is 1. The molecule has 1 aromatic heterocycles. The summed E-state index contributed by atoms with van der Waals surface area (Å²) >= 11 is 0. The zero-order valence-electron chi connectivity index (χ0n) is 16.9. The number of nitrogens with two attached hydrogens (primary N) is 1. The number of hydrogen-bond donors (Lipinski definition) is 2. The Morgan fingerprint density at radius 3 is 2.57 bits per heavy atom. The Bertz CT molecular complexity index is 1050. The number of hydrogen-bond acceptors (Lipinski definition) is 5. The van der Waals surface area contributed by atoms with Crippen molar-refractivity contribution in [2.45, 2.75) is 12.5 Å². The zero-order chi connectivity index (χ0) is 21.1. The second-order valence-electron chi connectivity index (χ2n) is 7.39. The average molecular weight is 407 g/mol. The van der Waals surface area contributed by atoms with Crippen molar-refractivity contribution in [3.05, 3.63) is 59.8 Å². The molecule has 8 heteroatoms. The van der Waals surface area contributed by atoms with Crippen molar-refractivity contribution in [3.8, 4) is 5.75 Å². The number of fused-ring (bicyclic) bond motifs is 1. The standard InChI is InChI=1S/C22H25N5O3/c1-30-18-6-3-15(4-7-18)20(23)22(29)27-10-2-9-26(11-12-27)21(28)16-5-8-19-17(13-16)14-24-25-19/h3-8,13-14,20H,2,9-12,23H2,1H3,(H,24,25). The minimum Gasteiger partial charge on any atom is -0.497 e. The van der Waals surface area contributed by atoms with Gasteiger partial charge in [0, 0.05) is 37.1 Å². The third-order valence-corrected chi connectivity index (χ3v) is 5.52. The van der Waals surface area contributed by atoms with Gasteiger partial charge in [-0.1, -0.05) is 12.1 Å². The summed E-state index contributed by atoms with van der Waals surface area (Å²) in [7, 11) is 1.59. The summed E-state index contributed by atoms with van der Waals surface area (Å²) in [5, 5.41) is 7.78. The third kappa shape index (κ3) is 3.99. The molecule has 0 spiro atoms. The van der Waals surface area contributed by atoms with E-state index in [1.807, 2.05) is 12.1 Å². The Labute approximate surface area is 174 Å². The Morgan fingerprint density at radius 1 is 1.07 bits per heavy atom. The van der Waals surface area contributed by atoms with Crippen LogP contribution >= 0.6 is 0 Å². The van der Waals surface area contributed by atoms with Gasteiger partial charge in [-0.15, -0.1) is 0 Å². The number of benzene rings is 2. The first-order chi connectivity index (χ1) is 14.6. The molecule has 0 bridgehead atoms. The van der Waals surface area contributed by atoms with Crippen molar-refractivity contribution in [2.75, 3.05) is 33.3 Å². The molecule has 1 unspecified atom stereocenters. The summed E-state index contributed by atoms with van der Waals surface area (Å²) in [6.45, 7) is 2.11. The molecule has 1 saturated heterocycles. The molecule has 2 heterocycles. The number of carbonyl (C=O) groups is 2. The van der Waals surface area contributed by atoms with Crippen LogP contribution in [-0.2, 0) is 4.79 Å². The molecule has 3 aromatic rings. The van der Waals surface area contributed by atoms with Crippen molar-refractivity contribution in [1.29, 1.82) is 0 Å². The van der Waals surface area contributed by atoms with Gasteiger partial charge in [0.25, 0.3) is 5.91 Å². The van der Waals surface area contributed by atoms with Crippen molar-refractivity contribution < 1.29 is 14.3 Å². The first-order valence-electron chi connectivity index (χ1n) is 9.97. The summed E-state index contributed by atoms with van der Waals surface area (Å²) in [6.07, 6.45) is 2.41. The van der Waals surface area contributed by atoms with Gasteiger partial charge in [0.15, 0.2) is 0 Å². The summed E-state index contributed by atoms with van der Waals surface area (Å²) in [5.74, 6) is 0.553. The summed E-state index contributed by atoms with van der Waals surface area (Å²) < 4.78 is 5.15. The number of methoxy groups -OCH3 is 1. The third-order valence-electron chi connectivity index (χ3n) is 5.52. The number of nitrogens with zero attached hydrogens (tertiary/aromatic N) is 3. The second-order valence-corrected chi connectivity index (χ2v) is 7.39. The van der Waals surface area contributed by atoms with Gasteiger partial charge in [-0.2, -0.15) is 5.10 Å². The fourth-order valence-corrected chi connectivity index (χ4v) is 3.75. The van der Waals surface area contributed by atoms with Crippen LogP contribution in [0.4, 0.5) is 0 Å². The fourth-order valence-electron chi connectivity index (χ4n) is 3.75. The largest absolute Gasteiger partial charge is 0.497 e. The van der Waals surface area contributed by atoms with Gasteiger partial charge in [-0.05, 0) is 42.3 Å². The highest BCUT2D eigenvalue weighted by molar-refractivity contribution is 5.98. The maximum atomic E-state index is 13.0. The summed E-state index contributed by atoms with van der Waals surface area (Å²) in [6, 6.07) is 12.0. The average Bonchev–Trinajstić information content (AvgIpc) is 3.12. The van der Waals surface area contributed by atoms with Crippen LogP contribution in [0.1, 0.15) is 28.4 Å². The van der Waals surface area contributed by atoms with Crippen LogP contribution in [0.2, 0.25) is 0 Å². The molecular formula is C22H25N5O3. The molecule has 1 aliphatic heterocycles. The van der Waals surface area contributed by atoms with Crippen molar-refractivity contribution in [1.82, 2.24) is 20.0 Å². The zero-order valence-corrected chi connectivity index (χ0v) is 16.9. The summed E-state index contributed by atoms with van der Waals surface area (Å²) in [5.41, 5.74) is 8.48. The van der Waals surface area contributed by atoms with Gasteiger partial charge >= 0.3 is 0 Å². The fraction of sp³-hybridized carbons (Fsp3) is 0.318. The lowest BCUT2D eigenvalue weighted by atomic mass is 10.1. The predicted octanol–water partition coefficient (Wildman–Crippen LogP) is 1.95. The van der Waals surface area contributed by atoms with E-state index in [0.29, 0.717) is 38.2 Å². The topological polar surface area (TPSA) is 105 Å². The molecule has 8 nitrogen and oxygen atoms in total. The van der Waals surface area contributed by atoms with Gasteiger partial charge in [0.05, 0.1) is 18.8 Å². The van der Waals surface area contributed by atoms with Crippen molar-refractivity contribution in [2.24, 2.45) is 5.73 Å². The van der Waals surface area contributed by atoms with E-state index in [0.717, 1.165) is 22.2 Å². The lowest BCUT2D eigenvalue weighted by Crippen LogP contribution is -2.41. The molecule has 4 rings (SSSR count). The van der Waals surface area contributed by atoms with E-state index < -0.39 is 6.04 Å². The monoisotopic (exact) mass is 407 g/mol. The van der Waals surface area contributed by atoms with E-state index in [9.17, 15) is 9.59 Å². The van der Waals surface area contributed by atoms with E-state index >= 15 is 0 Å². The molecule has 0 aliphatic carbocycles. The van der Waals surface area contributed by atoms with E-state index in [2.05, 4.69) is 10.2 Å². The number of nitrogens with one attached hydrogen (secondary N) is 1. The molecule has 0 radical (unpaired) electrons. The molecule has 1 fully saturated rings. The highest BCUT2D eigenvalue weighted by Crippen LogP contribution is 2.20. The van der Waals surface area contributed by atoms with E-state index in [1.165, 1.54) is 0 Å². The van der Waals surface area contributed by atoms with E-state index in [4.69, 9.17) is 10.5 Å². The lowest BCUT2D eigenvalue weighted by Gasteiger charge is -2.25. The lowest BCUT2D eigenvalue weighted by molar-refractivity contribution is -0.132. The summed E-state index contributed by atoms with van der Waals surface area (Å²) in [4.78, 5) is 29.4.